The molecule has 2 unspecified atom stereocenters. The Bertz CT molecular complexity index is 169. The maximum atomic E-state index is 11.2. The van der Waals surface area contributed by atoms with Gasteiger partial charge in [-0.2, -0.15) is 0 Å². The van der Waals surface area contributed by atoms with Crippen molar-refractivity contribution in [1.82, 2.24) is 5.32 Å². The molecule has 0 aromatic rings. The molecule has 0 aliphatic heterocycles. The molecule has 0 aromatic carbocycles. The van der Waals surface area contributed by atoms with E-state index in [1.54, 1.807) is 0 Å². The van der Waals surface area contributed by atoms with Gasteiger partial charge in [0.15, 0.2) is 0 Å². The highest BCUT2D eigenvalue weighted by molar-refractivity contribution is 5.75. The van der Waals surface area contributed by atoms with E-state index in [2.05, 4.69) is 26.1 Å². The fourth-order valence-corrected chi connectivity index (χ4v) is 1.10. The van der Waals surface area contributed by atoms with Gasteiger partial charge in [-0.25, -0.2) is 0 Å². The summed E-state index contributed by atoms with van der Waals surface area (Å²) in [5.41, 5.74) is 0. The molecular formula is C11H23NO2. The number of nitrogens with one attached hydrogen (secondary N) is 1. The lowest BCUT2D eigenvalue weighted by molar-refractivity contribution is -0.143. The monoisotopic (exact) mass is 201 g/mol. The normalized spacial score (nSPS) is 15.3. The van der Waals surface area contributed by atoms with Crippen molar-refractivity contribution in [2.45, 2.75) is 40.2 Å². The van der Waals surface area contributed by atoms with Crippen LogP contribution in [0.15, 0.2) is 0 Å². The predicted octanol–water partition coefficient (Wildman–Crippen LogP) is 1.82. The smallest absolute Gasteiger partial charge is 0.322 e. The molecule has 0 amide bonds. The van der Waals surface area contributed by atoms with E-state index in [9.17, 15) is 4.79 Å². The second kappa shape index (κ2) is 6.82. The Morgan fingerprint density at radius 2 is 1.93 bits per heavy atom. The highest BCUT2D eigenvalue weighted by Crippen LogP contribution is 2.08. The van der Waals surface area contributed by atoms with E-state index in [0.29, 0.717) is 11.8 Å². The molecule has 0 aliphatic carbocycles. The van der Waals surface area contributed by atoms with Gasteiger partial charge in [0.05, 0.1) is 7.11 Å². The summed E-state index contributed by atoms with van der Waals surface area (Å²) < 4.78 is 4.69. The van der Waals surface area contributed by atoms with Crippen LogP contribution in [0.3, 0.4) is 0 Å². The molecule has 84 valence electrons. The van der Waals surface area contributed by atoms with Crippen molar-refractivity contribution in [1.29, 1.82) is 0 Å². The number of ether oxygens (including phenoxy) is 1. The van der Waals surface area contributed by atoms with E-state index in [4.69, 9.17) is 4.74 Å². The Hall–Kier alpha value is -0.570. The predicted molar refractivity (Wildman–Crippen MR) is 58.1 cm³/mol. The lowest BCUT2D eigenvalue weighted by Crippen LogP contribution is -2.40. The summed E-state index contributed by atoms with van der Waals surface area (Å²) in [7, 11) is 1.43. The average Bonchev–Trinajstić information content (AvgIpc) is 2.17. The van der Waals surface area contributed by atoms with Gasteiger partial charge < -0.3 is 10.1 Å². The van der Waals surface area contributed by atoms with Crippen LogP contribution in [0.5, 0.6) is 0 Å². The van der Waals surface area contributed by atoms with Crippen molar-refractivity contribution < 1.29 is 9.53 Å². The molecule has 0 saturated carbocycles. The minimum absolute atomic E-state index is 0.152. The van der Waals surface area contributed by atoms with E-state index in [1.165, 1.54) is 7.11 Å². The van der Waals surface area contributed by atoms with Gasteiger partial charge in [-0.15, -0.1) is 0 Å². The van der Waals surface area contributed by atoms with E-state index in [-0.39, 0.29) is 12.0 Å². The van der Waals surface area contributed by atoms with Gasteiger partial charge in [-0.3, -0.25) is 4.79 Å². The second-order valence-corrected chi connectivity index (χ2v) is 4.11. The van der Waals surface area contributed by atoms with Gasteiger partial charge in [0.25, 0.3) is 0 Å². The summed E-state index contributed by atoms with van der Waals surface area (Å²) in [5, 5.41) is 3.23. The van der Waals surface area contributed by atoms with E-state index in [0.717, 1.165) is 13.0 Å². The first-order chi connectivity index (χ1) is 6.52. The molecule has 0 aromatic heterocycles. The zero-order valence-electron chi connectivity index (χ0n) is 9.96. The first-order valence-corrected chi connectivity index (χ1v) is 5.34. The van der Waals surface area contributed by atoms with Gasteiger partial charge in [0, 0.05) is 0 Å². The molecule has 14 heavy (non-hydrogen) atoms. The first-order valence-electron chi connectivity index (χ1n) is 5.34. The molecule has 2 atom stereocenters. The number of esters is 1. The van der Waals surface area contributed by atoms with Gasteiger partial charge >= 0.3 is 5.97 Å². The third-order valence-electron chi connectivity index (χ3n) is 2.72. The Kier molecular flexibility index (Phi) is 6.54. The largest absolute Gasteiger partial charge is 0.468 e. The van der Waals surface area contributed by atoms with Crippen molar-refractivity contribution >= 4 is 5.97 Å². The Labute approximate surface area is 87.2 Å². The van der Waals surface area contributed by atoms with E-state index in [1.807, 2.05) is 6.92 Å². The maximum Gasteiger partial charge on any atom is 0.322 e. The zero-order chi connectivity index (χ0) is 11.1. The van der Waals surface area contributed by atoms with E-state index >= 15 is 0 Å². The first kappa shape index (κ1) is 13.4. The number of carbonyl (C=O) groups excluding carboxylic acids is 1. The Balaban J connectivity index is 3.89. The summed E-state index contributed by atoms with van der Waals surface area (Å²) >= 11 is 0. The fraction of sp³-hybridized carbons (Fsp3) is 0.909. The summed E-state index contributed by atoms with van der Waals surface area (Å²) in [5.74, 6) is 1.05. The summed E-state index contributed by atoms with van der Waals surface area (Å²) in [6.07, 6.45) is 0.775. The van der Waals surface area contributed by atoms with Crippen LogP contribution < -0.4 is 5.32 Å². The van der Waals surface area contributed by atoms with Crippen LogP contribution >= 0.6 is 0 Å². The molecule has 0 aliphatic rings. The number of carbonyl (C=O) groups is 1. The van der Waals surface area contributed by atoms with Crippen molar-refractivity contribution in [3.05, 3.63) is 0 Å². The van der Waals surface area contributed by atoms with Crippen LogP contribution in [0.25, 0.3) is 0 Å². The molecular weight excluding hydrogens is 178 g/mol. The highest BCUT2D eigenvalue weighted by Gasteiger charge is 2.17. The van der Waals surface area contributed by atoms with Gasteiger partial charge in [0.1, 0.15) is 6.04 Å². The Morgan fingerprint density at radius 3 is 2.29 bits per heavy atom. The topological polar surface area (TPSA) is 38.3 Å². The zero-order valence-corrected chi connectivity index (χ0v) is 9.96. The number of hydrogen-bond acceptors (Lipinski definition) is 3. The van der Waals surface area contributed by atoms with Crippen molar-refractivity contribution in [3.8, 4) is 0 Å². The molecule has 0 bridgehead atoms. The molecule has 0 rings (SSSR count). The van der Waals surface area contributed by atoms with Crippen molar-refractivity contribution in [2.24, 2.45) is 11.8 Å². The summed E-state index contributed by atoms with van der Waals surface area (Å²) in [6, 6.07) is -0.152. The summed E-state index contributed by atoms with van der Waals surface area (Å²) in [6.45, 7) is 9.40. The van der Waals surface area contributed by atoms with E-state index < -0.39 is 0 Å². The standard InChI is InChI=1S/C11H23NO2/c1-6-10(11(13)14-5)12-7-9(4)8(2)3/h8-10,12H,6-7H2,1-5H3. The molecule has 0 spiro atoms. The van der Waals surface area contributed by atoms with Crippen LogP contribution in [0.2, 0.25) is 0 Å². The lowest BCUT2D eigenvalue weighted by atomic mass is 9.98. The van der Waals surface area contributed by atoms with Crippen LogP contribution in [0, 0.1) is 11.8 Å². The molecule has 3 heteroatoms. The molecule has 0 saturated heterocycles. The molecule has 0 fully saturated rings. The molecule has 3 nitrogen and oxygen atoms in total. The fourth-order valence-electron chi connectivity index (χ4n) is 1.10. The van der Waals surface area contributed by atoms with Crippen molar-refractivity contribution in [2.75, 3.05) is 13.7 Å². The minimum Gasteiger partial charge on any atom is -0.468 e. The van der Waals surface area contributed by atoms with Crippen LogP contribution in [0.1, 0.15) is 34.1 Å². The number of methoxy groups -OCH3 is 1. The lowest BCUT2D eigenvalue weighted by Gasteiger charge is -2.20. The second-order valence-electron chi connectivity index (χ2n) is 4.11. The number of rotatable bonds is 6. The van der Waals surface area contributed by atoms with Crippen LogP contribution in [-0.4, -0.2) is 25.7 Å². The highest BCUT2D eigenvalue weighted by atomic mass is 16.5. The molecule has 1 N–H and O–H groups in total. The minimum atomic E-state index is -0.163. The van der Waals surface area contributed by atoms with Gasteiger partial charge in [-0.1, -0.05) is 27.7 Å². The van der Waals surface area contributed by atoms with Crippen molar-refractivity contribution in [3.63, 3.8) is 0 Å². The van der Waals surface area contributed by atoms with Crippen LogP contribution in [0.4, 0.5) is 0 Å². The Morgan fingerprint density at radius 1 is 1.36 bits per heavy atom. The SMILES string of the molecule is CCC(NCC(C)C(C)C)C(=O)OC. The number of hydrogen-bond donors (Lipinski definition) is 1. The summed E-state index contributed by atoms with van der Waals surface area (Å²) in [4.78, 5) is 11.2. The third kappa shape index (κ3) is 4.61. The third-order valence-corrected chi connectivity index (χ3v) is 2.72. The maximum absolute atomic E-state index is 11.2. The molecule has 0 heterocycles. The van der Waals surface area contributed by atoms with Gasteiger partial charge in [0.2, 0.25) is 0 Å². The molecule has 0 radical (unpaired) electrons. The quantitative estimate of drug-likeness (QED) is 0.666. The van der Waals surface area contributed by atoms with Crippen LogP contribution in [-0.2, 0) is 9.53 Å². The van der Waals surface area contributed by atoms with Gasteiger partial charge in [-0.05, 0) is 24.8 Å². The average molecular weight is 201 g/mol.